The molecule has 0 aliphatic carbocycles. The van der Waals surface area contributed by atoms with E-state index in [1.807, 2.05) is 0 Å². The Bertz CT molecular complexity index is 752. The van der Waals surface area contributed by atoms with Gasteiger partial charge >= 0.3 is 6.03 Å². The Labute approximate surface area is 131 Å². The van der Waals surface area contributed by atoms with Crippen LogP contribution in [0.4, 0.5) is 19.3 Å². The molecule has 0 spiro atoms. The van der Waals surface area contributed by atoms with Crippen LogP contribution in [0, 0.1) is 11.6 Å². The largest absolute Gasteiger partial charge is 0.454 e. The standard InChI is InChI=1S/C16H14F2N2O3/c1-9(10-2-5-14-15(6-10)23-8-22-14)19-16(21)20-13-4-3-11(17)7-12(13)18/h2-7,9H,8H2,1H3,(H2,19,20,21)/t9-/m1/s1. The van der Waals surface area contributed by atoms with Crippen molar-refractivity contribution in [3.8, 4) is 11.5 Å². The molecule has 3 rings (SSSR count). The number of amides is 2. The van der Waals surface area contributed by atoms with Gasteiger partial charge in [-0.15, -0.1) is 0 Å². The van der Waals surface area contributed by atoms with E-state index in [-0.39, 0.29) is 18.5 Å². The molecule has 2 aromatic rings. The maximum Gasteiger partial charge on any atom is 0.319 e. The van der Waals surface area contributed by atoms with E-state index >= 15 is 0 Å². The highest BCUT2D eigenvalue weighted by atomic mass is 19.1. The van der Waals surface area contributed by atoms with Gasteiger partial charge in [0.25, 0.3) is 0 Å². The summed E-state index contributed by atoms with van der Waals surface area (Å²) in [6.45, 7) is 1.95. The predicted molar refractivity (Wildman–Crippen MR) is 79.5 cm³/mol. The van der Waals surface area contributed by atoms with Crippen LogP contribution in [-0.2, 0) is 0 Å². The Hall–Kier alpha value is -2.83. The molecule has 0 aromatic heterocycles. The maximum absolute atomic E-state index is 13.5. The zero-order valence-electron chi connectivity index (χ0n) is 12.2. The quantitative estimate of drug-likeness (QED) is 0.909. The number of carbonyl (C=O) groups is 1. The lowest BCUT2D eigenvalue weighted by Gasteiger charge is -2.15. The van der Waals surface area contributed by atoms with Gasteiger partial charge in [0.05, 0.1) is 11.7 Å². The summed E-state index contributed by atoms with van der Waals surface area (Å²) in [5.74, 6) is -0.280. The van der Waals surface area contributed by atoms with Crippen LogP contribution in [-0.4, -0.2) is 12.8 Å². The predicted octanol–water partition coefficient (Wildman–Crippen LogP) is 3.58. The highest BCUT2D eigenvalue weighted by Crippen LogP contribution is 2.34. The van der Waals surface area contributed by atoms with Gasteiger partial charge in [-0.3, -0.25) is 0 Å². The van der Waals surface area contributed by atoms with E-state index in [0.29, 0.717) is 17.6 Å². The molecule has 23 heavy (non-hydrogen) atoms. The third kappa shape index (κ3) is 3.33. The van der Waals surface area contributed by atoms with Crippen LogP contribution >= 0.6 is 0 Å². The number of nitrogens with one attached hydrogen (secondary N) is 2. The molecule has 7 heteroatoms. The minimum absolute atomic E-state index is 0.0956. The van der Waals surface area contributed by atoms with Gasteiger partial charge in [-0.05, 0) is 36.8 Å². The molecular weight excluding hydrogens is 306 g/mol. The molecule has 1 aliphatic rings. The minimum Gasteiger partial charge on any atom is -0.454 e. The molecule has 5 nitrogen and oxygen atoms in total. The van der Waals surface area contributed by atoms with Crippen molar-refractivity contribution in [3.63, 3.8) is 0 Å². The lowest BCUT2D eigenvalue weighted by Crippen LogP contribution is -2.31. The fourth-order valence-corrected chi connectivity index (χ4v) is 2.21. The molecule has 2 amide bonds. The summed E-state index contributed by atoms with van der Waals surface area (Å²) in [6, 6.07) is 7.33. The molecule has 1 heterocycles. The van der Waals surface area contributed by atoms with Gasteiger partial charge in [0.15, 0.2) is 11.5 Å². The Morgan fingerprint density at radius 1 is 1.13 bits per heavy atom. The van der Waals surface area contributed by atoms with E-state index in [9.17, 15) is 13.6 Å². The van der Waals surface area contributed by atoms with Crippen LogP contribution in [0.15, 0.2) is 36.4 Å². The first kappa shape index (κ1) is 15.1. The van der Waals surface area contributed by atoms with Crippen LogP contribution in [0.1, 0.15) is 18.5 Å². The van der Waals surface area contributed by atoms with Crippen molar-refractivity contribution in [1.29, 1.82) is 0 Å². The molecule has 0 saturated heterocycles. The number of rotatable bonds is 3. The number of fused-ring (bicyclic) bond motifs is 1. The van der Waals surface area contributed by atoms with Crippen molar-refractivity contribution in [3.05, 3.63) is 53.6 Å². The minimum atomic E-state index is -0.837. The Morgan fingerprint density at radius 3 is 2.70 bits per heavy atom. The van der Waals surface area contributed by atoms with Crippen LogP contribution < -0.4 is 20.1 Å². The van der Waals surface area contributed by atoms with Crippen molar-refractivity contribution < 1.29 is 23.0 Å². The van der Waals surface area contributed by atoms with E-state index in [0.717, 1.165) is 17.7 Å². The number of anilines is 1. The van der Waals surface area contributed by atoms with Crippen molar-refractivity contribution in [2.75, 3.05) is 12.1 Å². The molecule has 0 unspecified atom stereocenters. The second-order valence-electron chi connectivity index (χ2n) is 5.06. The van der Waals surface area contributed by atoms with E-state index in [1.165, 1.54) is 0 Å². The summed E-state index contributed by atoms with van der Waals surface area (Å²) in [7, 11) is 0. The number of carbonyl (C=O) groups excluding carboxylic acids is 1. The van der Waals surface area contributed by atoms with Gasteiger partial charge in [-0.2, -0.15) is 0 Å². The highest BCUT2D eigenvalue weighted by molar-refractivity contribution is 5.89. The van der Waals surface area contributed by atoms with Crippen molar-refractivity contribution in [2.45, 2.75) is 13.0 Å². The number of halogens is 2. The highest BCUT2D eigenvalue weighted by Gasteiger charge is 2.17. The van der Waals surface area contributed by atoms with Crippen LogP contribution in [0.5, 0.6) is 11.5 Å². The maximum atomic E-state index is 13.5. The van der Waals surface area contributed by atoms with E-state index in [1.54, 1.807) is 25.1 Å². The Balaban J connectivity index is 1.65. The summed E-state index contributed by atoms with van der Waals surface area (Å²) in [5, 5.41) is 5.01. The summed E-state index contributed by atoms with van der Waals surface area (Å²) in [4.78, 5) is 11.9. The summed E-state index contributed by atoms with van der Waals surface area (Å²) in [6.07, 6.45) is 0. The lowest BCUT2D eigenvalue weighted by molar-refractivity contribution is 0.174. The molecule has 2 N–H and O–H groups in total. The molecule has 0 saturated carbocycles. The van der Waals surface area contributed by atoms with Crippen molar-refractivity contribution in [1.82, 2.24) is 5.32 Å². The van der Waals surface area contributed by atoms with Gasteiger partial charge < -0.3 is 20.1 Å². The van der Waals surface area contributed by atoms with Gasteiger partial charge in [0, 0.05) is 6.07 Å². The molecule has 1 atom stereocenters. The molecule has 0 fully saturated rings. The van der Waals surface area contributed by atoms with Crippen molar-refractivity contribution >= 4 is 11.7 Å². The third-order valence-electron chi connectivity index (χ3n) is 3.42. The van der Waals surface area contributed by atoms with E-state index in [2.05, 4.69) is 10.6 Å². The van der Waals surface area contributed by atoms with Gasteiger partial charge in [-0.25, -0.2) is 13.6 Å². The number of benzene rings is 2. The van der Waals surface area contributed by atoms with Crippen molar-refractivity contribution in [2.24, 2.45) is 0 Å². The molecule has 0 bridgehead atoms. The van der Waals surface area contributed by atoms with Gasteiger partial charge in [0.1, 0.15) is 11.6 Å². The zero-order chi connectivity index (χ0) is 16.4. The fraction of sp³-hybridized carbons (Fsp3) is 0.188. The van der Waals surface area contributed by atoms with Gasteiger partial charge in [0.2, 0.25) is 6.79 Å². The normalized spacial score (nSPS) is 13.5. The molecule has 2 aromatic carbocycles. The van der Waals surface area contributed by atoms with Crippen LogP contribution in [0.25, 0.3) is 0 Å². The SMILES string of the molecule is C[C@@H](NC(=O)Nc1ccc(F)cc1F)c1ccc2c(c1)OCO2. The van der Waals surface area contributed by atoms with Crippen LogP contribution in [0.3, 0.4) is 0 Å². The molecule has 120 valence electrons. The second-order valence-corrected chi connectivity index (χ2v) is 5.06. The summed E-state index contributed by atoms with van der Waals surface area (Å²) < 4.78 is 36.8. The van der Waals surface area contributed by atoms with E-state index in [4.69, 9.17) is 9.47 Å². The number of ether oxygens (including phenoxy) is 2. The number of urea groups is 1. The summed E-state index contributed by atoms with van der Waals surface area (Å²) in [5.41, 5.74) is 0.714. The van der Waals surface area contributed by atoms with Gasteiger partial charge in [-0.1, -0.05) is 6.07 Å². The number of hydrogen-bond donors (Lipinski definition) is 2. The average Bonchev–Trinajstić information content (AvgIpc) is 2.97. The lowest BCUT2D eigenvalue weighted by atomic mass is 10.1. The van der Waals surface area contributed by atoms with E-state index < -0.39 is 17.7 Å². The first-order valence-electron chi connectivity index (χ1n) is 6.95. The smallest absolute Gasteiger partial charge is 0.319 e. The first-order chi connectivity index (χ1) is 11.0. The summed E-state index contributed by atoms with van der Waals surface area (Å²) >= 11 is 0. The number of hydrogen-bond acceptors (Lipinski definition) is 3. The van der Waals surface area contributed by atoms with Crippen LogP contribution in [0.2, 0.25) is 0 Å². The second kappa shape index (κ2) is 6.12. The fourth-order valence-electron chi connectivity index (χ4n) is 2.21. The third-order valence-corrected chi connectivity index (χ3v) is 3.42. The average molecular weight is 320 g/mol. The molecule has 0 radical (unpaired) electrons. The Kier molecular flexibility index (Phi) is 4.01. The Morgan fingerprint density at radius 2 is 1.91 bits per heavy atom. The molecular formula is C16H14F2N2O3. The topological polar surface area (TPSA) is 59.6 Å². The zero-order valence-corrected chi connectivity index (χ0v) is 12.2. The monoisotopic (exact) mass is 320 g/mol. The molecule has 1 aliphatic heterocycles. The first-order valence-corrected chi connectivity index (χ1v) is 6.95.